The number of methoxy groups -OCH3 is 4. The molecule has 59 heavy (non-hydrogen) atoms. The Labute approximate surface area is 348 Å². The lowest BCUT2D eigenvalue weighted by Gasteiger charge is -2.48. The predicted octanol–water partition coefficient (Wildman–Crippen LogP) is 3.83. The molecule has 5 aliphatic heterocycles. The molecule has 0 saturated carbocycles. The van der Waals surface area contributed by atoms with Crippen molar-refractivity contribution >= 4 is 17.7 Å². The molecule has 16 heteroatoms. The van der Waals surface area contributed by atoms with E-state index in [4.69, 9.17) is 56.8 Å². The predicted molar refractivity (Wildman–Crippen MR) is 210 cm³/mol. The van der Waals surface area contributed by atoms with Gasteiger partial charge in [-0.25, -0.2) is 0 Å². The van der Waals surface area contributed by atoms with Gasteiger partial charge in [0.15, 0.2) is 24.5 Å². The number of hydrogen-bond acceptors (Lipinski definition) is 16. The molecule has 0 radical (unpaired) electrons. The number of aliphatic hydroxyl groups is 1. The van der Waals surface area contributed by atoms with Gasteiger partial charge in [0, 0.05) is 65.5 Å². The average molecular weight is 841 g/mol. The van der Waals surface area contributed by atoms with Crippen LogP contribution in [0.2, 0.25) is 0 Å². The maximum atomic E-state index is 14.1. The first kappa shape index (κ1) is 47.7. The molecular formula is C43H68O16. The molecule has 1 N–H and O–H groups in total. The molecule has 0 aromatic heterocycles. The summed E-state index contributed by atoms with van der Waals surface area (Å²) in [4.78, 5) is 40.3. The lowest BCUT2D eigenvalue weighted by molar-refractivity contribution is -0.358. The Morgan fingerprint density at radius 2 is 1.49 bits per heavy atom. The first-order chi connectivity index (χ1) is 27.9. The molecule has 5 heterocycles. The number of allylic oxidation sites excluding steroid dienone is 3. The number of Topliss-reactive ketones (excluding diaryl/α,β-unsaturated/α-hetero) is 1. The second-order valence-electron chi connectivity index (χ2n) is 17.5. The normalized spacial score (nSPS) is 43.3. The van der Waals surface area contributed by atoms with Gasteiger partial charge in [0.05, 0.1) is 43.5 Å². The van der Waals surface area contributed by atoms with Gasteiger partial charge in [-0.15, -0.1) is 0 Å². The highest BCUT2D eigenvalue weighted by Crippen LogP contribution is 2.46. The Morgan fingerprint density at radius 3 is 2.12 bits per heavy atom. The molecule has 17 atom stereocenters. The SMILES string of the molecule is CO[C@@H]1[C@H](OC)[C@H](O[C@@H]2[C@@H](OC)[C@H](O[C@H]3C[C@H]4CC(=O)[C@@]5(O)O[C@H](C[C@H]5C)C(C)(C)[C@@H](/C=C/C=C/C(C)C)OC(=O)C[C@H](O4)[C@@H]3C)OC[C@H]2OC(C)=O)O[C@@H](C)[C@H]1OC. The molecular weight excluding hydrogens is 772 g/mol. The molecule has 16 nitrogen and oxygen atoms in total. The van der Waals surface area contributed by atoms with Crippen LogP contribution in [0.1, 0.15) is 81.1 Å². The Morgan fingerprint density at radius 1 is 0.831 bits per heavy atom. The van der Waals surface area contributed by atoms with Gasteiger partial charge in [-0.05, 0) is 25.3 Å². The minimum absolute atomic E-state index is 0.112. The van der Waals surface area contributed by atoms with Crippen LogP contribution in [0.3, 0.4) is 0 Å². The summed E-state index contributed by atoms with van der Waals surface area (Å²) in [5.41, 5.74) is -0.811. The molecule has 5 rings (SSSR count). The van der Waals surface area contributed by atoms with Crippen molar-refractivity contribution in [1.29, 1.82) is 0 Å². The summed E-state index contributed by atoms with van der Waals surface area (Å²) in [7, 11) is 6.08. The number of rotatable bonds is 12. The van der Waals surface area contributed by atoms with Gasteiger partial charge in [-0.3, -0.25) is 14.4 Å². The summed E-state index contributed by atoms with van der Waals surface area (Å²) in [5.74, 6) is -4.27. The second kappa shape index (κ2) is 20.2. The summed E-state index contributed by atoms with van der Waals surface area (Å²) in [6.07, 6.45) is -2.76. The van der Waals surface area contributed by atoms with E-state index in [-0.39, 0.29) is 25.9 Å². The largest absolute Gasteiger partial charge is 0.457 e. The molecule has 0 aromatic carbocycles. The van der Waals surface area contributed by atoms with Gasteiger partial charge in [-0.1, -0.05) is 59.8 Å². The van der Waals surface area contributed by atoms with Crippen LogP contribution in [-0.2, 0) is 71.2 Å². The van der Waals surface area contributed by atoms with Gasteiger partial charge in [-0.2, -0.15) is 0 Å². The molecule has 4 bridgehead atoms. The van der Waals surface area contributed by atoms with E-state index in [0.29, 0.717) is 12.3 Å². The van der Waals surface area contributed by atoms with Crippen molar-refractivity contribution in [2.24, 2.45) is 23.2 Å². The molecule has 0 aliphatic carbocycles. The van der Waals surface area contributed by atoms with Crippen molar-refractivity contribution in [3.63, 3.8) is 0 Å². The van der Waals surface area contributed by atoms with Crippen LogP contribution in [0.4, 0.5) is 0 Å². The quantitative estimate of drug-likeness (QED) is 0.221. The van der Waals surface area contributed by atoms with E-state index in [1.165, 1.54) is 21.1 Å². The highest BCUT2D eigenvalue weighted by atomic mass is 16.8. The van der Waals surface area contributed by atoms with E-state index in [9.17, 15) is 19.5 Å². The van der Waals surface area contributed by atoms with E-state index < -0.39 is 127 Å². The van der Waals surface area contributed by atoms with Gasteiger partial charge in [0.2, 0.25) is 5.79 Å². The maximum absolute atomic E-state index is 14.1. The minimum atomic E-state index is -2.07. The topological polar surface area (TPSA) is 182 Å². The second-order valence-corrected chi connectivity index (χ2v) is 17.5. The molecule has 0 unspecified atom stereocenters. The van der Waals surface area contributed by atoms with Crippen molar-refractivity contribution in [3.05, 3.63) is 24.3 Å². The fourth-order valence-corrected chi connectivity index (χ4v) is 8.96. The number of carbonyl (C=O) groups excluding carboxylic acids is 3. The number of hydrogen-bond donors (Lipinski definition) is 1. The number of esters is 2. The fourth-order valence-electron chi connectivity index (χ4n) is 8.96. The molecule has 0 aromatic rings. The van der Waals surface area contributed by atoms with Gasteiger partial charge in [0.1, 0.15) is 36.6 Å². The number of ether oxygens (including phenoxy) is 12. The van der Waals surface area contributed by atoms with Gasteiger partial charge >= 0.3 is 11.9 Å². The van der Waals surface area contributed by atoms with Crippen molar-refractivity contribution in [2.45, 2.75) is 173 Å². The van der Waals surface area contributed by atoms with E-state index in [1.54, 1.807) is 21.1 Å². The van der Waals surface area contributed by atoms with Gasteiger partial charge in [0.25, 0.3) is 0 Å². The van der Waals surface area contributed by atoms with Crippen LogP contribution in [0.15, 0.2) is 24.3 Å². The average Bonchev–Trinajstić information content (AvgIpc) is 3.50. The van der Waals surface area contributed by atoms with Crippen molar-refractivity contribution in [1.82, 2.24) is 0 Å². The van der Waals surface area contributed by atoms with Crippen molar-refractivity contribution < 1.29 is 76.3 Å². The van der Waals surface area contributed by atoms with Crippen LogP contribution in [0.25, 0.3) is 0 Å². The van der Waals surface area contributed by atoms with E-state index in [1.807, 2.05) is 52.0 Å². The van der Waals surface area contributed by atoms with Crippen LogP contribution in [0, 0.1) is 23.2 Å². The molecule has 5 saturated heterocycles. The zero-order valence-electron chi connectivity index (χ0n) is 36.7. The summed E-state index contributed by atoms with van der Waals surface area (Å²) < 4.78 is 73.7. The van der Waals surface area contributed by atoms with E-state index in [0.717, 1.165) is 0 Å². The first-order valence-electron chi connectivity index (χ1n) is 20.9. The standard InChI is InChI=1S/C43H68O16/c1-22(2)15-13-14-16-32-42(7,8)33-17-23(3)43(47,59-33)31(45)19-27-18-28(24(4)29(55-27)20-34(46)57-32)56-40-38(50-11)36(30(21-52-40)54-26(6)44)58-41-39(51-12)37(49-10)35(48-9)25(5)53-41/h13-16,22-25,27-30,32-33,35-41,47H,17-21H2,1-12H3/b15-13+,16-14+/t23-,24-,25+,27+,28+,29+,30-,32-,33-,35-,36+,37+,38-,39+,40+,41+,43+/m1/s1. The number of cyclic esters (lactones) is 1. The molecule has 336 valence electrons. The van der Waals surface area contributed by atoms with Gasteiger partial charge < -0.3 is 61.9 Å². The Hall–Kier alpha value is -2.35. The summed E-state index contributed by atoms with van der Waals surface area (Å²) in [5, 5.41) is 11.9. The van der Waals surface area contributed by atoms with E-state index in [2.05, 4.69) is 13.8 Å². The number of fused-ring (bicyclic) bond motifs is 4. The third-order valence-corrected chi connectivity index (χ3v) is 12.6. The summed E-state index contributed by atoms with van der Waals surface area (Å²) >= 11 is 0. The fraction of sp³-hybridized carbons (Fsp3) is 0.837. The van der Waals surface area contributed by atoms with Crippen molar-refractivity contribution in [3.8, 4) is 0 Å². The highest BCUT2D eigenvalue weighted by Gasteiger charge is 2.57. The molecule has 5 fully saturated rings. The van der Waals surface area contributed by atoms with E-state index >= 15 is 0 Å². The molecule has 0 amide bonds. The summed E-state index contributed by atoms with van der Waals surface area (Å²) in [6.45, 7) is 14.7. The third kappa shape index (κ3) is 10.6. The lowest BCUT2D eigenvalue weighted by Crippen LogP contribution is -2.64. The van der Waals surface area contributed by atoms with Crippen molar-refractivity contribution in [2.75, 3.05) is 35.0 Å². The number of ketones is 1. The van der Waals surface area contributed by atoms with Crippen LogP contribution < -0.4 is 0 Å². The van der Waals surface area contributed by atoms with Crippen LogP contribution in [-0.4, -0.2) is 149 Å². The monoisotopic (exact) mass is 840 g/mol. The lowest BCUT2D eigenvalue weighted by atomic mass is 9.77. The Balaban J connectivity index is 1.42. The smallest absolute Gasteiger partial charge is 0.309 e. The number of carbonyl (C=O) groups is 3. The first-order valence-corrected chi connectivity index (χ1v) is 20.9. The maximum Gasteiger partial charge on any atom is 0.309 e. The Kier molecular flexibility index (Phi) is 16.4. The zero-order chi connectivity index (χ0) is 43.4. The molecule has 0 spiro atoms. The summed E-state index contributed by atoms with van der Waals surface area (Å²) in [6, 6.07) is 0. The van der Waals surface area contributed by atoms with Crippen LogP contribution >= 0.6 is 0 Å². The zero-order valence-corrected chi connectivity index (χ0v) is 36.7. The minimum Gasteiger partial charge on any atom is -0.457 e. The Bertz CT molecular complexity index is 1480. The molecule has 5 aliphatic rings. The van der Waals surface area contributed by atoms with Crippen LogP contribution in [0.5, 0.6) is 0 Å². The highest BCUT2D eigenvalue weighted by molar-refractivity contribution is 5.86. The third-order valence-electron chi connectivity index (χ3n) is 12.6.